The van der Waals surface area contributed by atoms with Crippen molar-refractivity contribution in [3.8, 4) is 0 Å². The number of benzene rings is 2. The van der Waals surface area contributed by atoms with E-state index in [1.807, 2.05) is 60.0 Å². The molecule has 0 saturated heterocycles. The molecule has 2 aromatic heterocycles. The van der Waals surface area contributed by atoms with Crippen LogP contribution in [0.25, 0.3) is 5.65 Å². The highest BCUT2D eigenvalue weighted by Gasteiger charge is 2.39. The Morgan fingerprint density at radius 1 is 0.939 bits per heavy atom. The topological polar surface area (TPSA) is 69.6 Å². The van der Waals surface area contributed by atoms with E-state index in [2.05, 4.69) is 56.1 Å². The predicted octanol–water partition coefficient (Wildman–Crippen LogP) is 4.82. The van der Waals surface area contributed by atoms with E-state index in [1.54, 1.807) is 0 Å². The van der Waals surface area contributed by atoms with Crippen molar-refractivity contribution in [2.75, 3.05) is 0 Å². The number of imidazole rings is 1. The van der Waals surface area contributed by atoms with Gasteiger partial charge < -0.3 is 14.6 Å². The summed E-state index contributed by atoms with van der Waals surface area (Å²) in [5.41, 5.74) is 10.1. The van der Waals surface area contributed by atoms with Gasteiger partial charge in [0, 0.05) is 11.8 Å². The number of hydrogen-bond donors (Lipinski definition) is 1. The molecule has 0 fully saturated rings. The third kappa shape index (κ3) is 4.63. The Balaban J connectivity index is 2.01. The minimum Gasteiger partial charge on any atom is -0.400 e. The van der Waals surface area contributed by atoms with Gasteiger partial charge in [0.15, 0.2) is 0 Å². The van der Waals surface area contributed by atoms with Crippen LogP contribution in [-0.4, -0.2) is 25.1 Å². The van der Waals surface area contributed by atoms with E-state index < -0.39 is 5.60 Å². The summed E-state index contributed by atoms with van der Waals surface area (Å²) >= 11 is 0. The highest BCUT2D eigenvalue weighted by Crippen LogP contribution is 2.42. The first kappa shape index (κ1) is 23.0. The van der Waals surface area contributed by atoms with Crippen molar-refractivity contribution in [3.05, 3.63) is 107 Å². The predicted molar refractivity (Wildman–Crippen MR) is 132 cm³/mol. The Labute approximate surface area is 197 Å². The quantitative estimate of drug-likeness (QED) is 0.406. The Morgan fingerprint density at radius 3 is 2.03 bits per heavy atom. The molecule has 0 bridgehead atoms. The SMILES string of the molecule is Cc1nc2ccc(C(O[Si]C(C)(C)C)(c3ccccc3)c3ccccc3)cn2c1CC(N)=O. The molecule has 2 heterocycles. The number of carbonyl (C=O) groups excluding carboxylic acids is 1. The average Bonchev–Trinajstić information content (AvgIpc) is 3.09. The molecule has 4 aromatic rings. The fourth-order valence-corrected chi connectivity index (χ4v) is 4.86. The zero-order chi connectivity index (χ0) is 23.6. The summed E-state index contributed by atoms with van der Waals surface area (Å²) in [6.07, 6.45) is 2.17. The van der Waals surface area contributed by atoms with E-state index in [9.17, 15) is 4.79 Å². The Morgan fingerprint density at radius 2 is 1.52 bits per heavy atom. The molecular formula is C27H29N3O2Si. The molecule has 2 radical (unpaired) electrons. The van der Waals surface area contributed by atoms with Crippen LogP contribution in [0.4, 0.5) is 0 Å². The van der Waals surface area contributed by atoms with Gasteiger partial charge in [0.1, 0.15) is 11.2 Å². The second-order valence-corrected chi connectivity index (χ2v) is 11.2. The zero-order valence-electron chi connectivity index (χ0n) is 19.5. The molecule has 0 saturated carbocycles. The van der Waals surface area contributed by atoms with Gasteiger partial charge in [0.2, 0.25) is 15.7 Å². The molecule has 0 atom stereocenters. The molecule has 1 amide bonds. The van der Waals surface area contributed by atoms with Gasteiger partial charge in [-0.2, -0.15) is 0 Å². The highest BCUT2D eigenvalue weighted by atomic mass is 28.2. The number of carbonyl (C=O) groups is 1. The summed E-state index contributed by atoms with van der Waals surface area (Å²) in [6, 6.07) is 24.6. The second kappa shape index (κ2) is 8.96. The molecule has 168 valence electrons. The van der Waals surface area contributed by atoms with Crippen LogP contribution in [0.2, 0.25) is 5.04 Å². The Hall–Kier alpha value is -3.22. The van der Waals surface area contributed by atoms with Gasteiger partial charge in [-0.3, -0.25) is 4.79 Å². The lowest BCUT2D eigenvalue weighted by atomic mass is 9.81. The van der Waals surface area contributed by atoms with Crippen molar-refractivity contribution in [2.24, 2.45) is 5.73 Å². The van der Waals surface area contributed by atoms with E-state index >= 15 is 0 Å². The van der Waals surface area contributed by atoms with Gasteiger partial charge in [-0.25, -0.2) is 4.98 Å². The number of pyridine rings is 1. The first-order valence-corrected chi connectivity index (χ1v) is 11.9. The summed E-state index contributed by atoms with van der Waals surface area (Å²) in [6.45, 7) is 8.45. The molecule has 6 heteroatoms. The number of nitrogens with two attached hydrogens (primary N) is 1. The Bertz CT molecular complexity index is 1220. The van der Waals surface area contributed by atoms with Crippen LogP contribution in [0.3, 0.4) is 0 Å². The van der Waals surface area contributed by atoms with Crippen LogP contribution in [0.5, 0.6) is 0 Å². The van der Waals surface area contributed by atoms with Crippen LogP contribution in [-0.2, 0) is 21.2 Å². The fraction of sp³-hybridized carbons (Fsp3) is 0.259. The van der Waals surface area contributed by atoms with E-state index in [0.29, 0.717) is 0 Å². The Kier molecular flexibility index (Phi) is 6.23. The lowest BCUT2D eigenvalue weighted by molar-refractivity contribution is -0.117. The molecule has 4 rings (SSSR count). The lowest BCUT2D eigenvalue weighted by Crippen LogP contribution is -2.36. The number of hydrogen-bond acceptors (Lipinski definition) is 3. The van der Waals surface area contributed by atoms with Gasteiger partial charge in [-0.1, -0.05) is 87.5 Å². The second-order valence-electron chi connectivity index (χ2n) is 9.30. The van der Waals surface area contributed by atoms with Crippen molar-refractivity contribution in [1.29, 1.82) is 0 Å². The summed E-state index contributed by atoms with van der Waals surface area (Å²) in [7, 11) is 0.246. The molecule has 5 nitrogen and oxygen atoms in total. The molecule has 0 spiro atoms. The number of aromatic nitrogens is 2. The largest absolute Gasteiger partial charge is 0.400 e. The van der Waals surface area contributed by atoms with Gasteiger partial charge in [-0.15, -0.1) is 0 Å². The maximum absolute atomic E-state index is 11.8. The van der Waals surface area contributed by atoms with Crippen molar-refractivity contribution >= 4 is 21.3 Å². The average molecular weight is 456 g/mol. The van der Waals surface area contributed by atoms with Gasteiger partial charge >= 0.3 is 0 Å². The normalized spacial score (nSPS) is 12.2. The van der Waals surface area contributed by atoms with Crippen molar-refractivity contribution < 1.29 is 9.22 Å². The van der Waals surface area contributed by atoms with Crippen molar-refractivity contribution in [2.45, 2.75) is 44.8 Å². The smallest absolute Gasteiger partial charge is 0.237 e. The summed E-state index contributed by atoms with van der Waals surface area (Å²) in [5.74, 6) is -0.381. The molecule has 2 aromatic carbocycles. The number of fused-ring (bicyclic) bond motifs is 1. The van der Waals surface area contributed by atoms with Crippen LogP contribution < -0.4 is 5.73 Å². The number of primary amides is 1. The first-order valence-electron chi connectivity index (χ1n) is 11.0. The van der Waals surface area contributed by atoms with Crippen LogP contribution in [0.15, 0.2) is 79.0 Å². The molecule has 0 aliphatic carbocycles. The van der Waals surface area contributed by atoms with E-state index in [-0.39, 0.29) is 27.1 Å². The van der Waals surface area contributed by atoms with Crippen LogP contribution in [0, 0.1) is 6.92 Å². The zero-order valence-corrected chi connectivity index (χ0v) is 20.5. The molecular weight excluding hydrogens is 426 g/mol. The minimum absolute atomic E-state index is 0.0123. The van der Waals surface area contributed by atoms with E-state index in [1.165, 1.54) is 0 Å². The molecule has 0 aliphatic rings. The third-order valence-electron chi connectivity index (χ3n) is 5.54. The van der Waals surface area contributed by atoms with Gasteiger partial charge in [0.05, 0.1) is 17.8 Å². The number of aryl methyl sites for hydroxylation is 1. The monoisotopic (exact) mass is 455 g/mol. The third-order valence-corrected chi connectivity index (χ3v) is 6.56. The van der Waals surface area contributed by atoms with Gasteiger partial charge in [-0.05, 0) is 29.2 Å². The summed E-state index contributed by atoms with van der Waals surface area (Å²) in [5, 5.41) is -0.0123. The standard InChI is InChI=1S/C27H29N3O2Si/c1-19-23(17-24(28)31)30-18-22(15-16-25(30)29-19)27(32-33-26(2,3)4,20-11-7-5-8-12-20)21-13-9-6-10-14-21/h5-16,18H,17H2,1-4H3,(H2,28,31). The maximum atomic E-state index is 11.8. The first-order chi connectivity index (χ1) is 15.7. The van der Waals surface area contributed by atoms with Crippen molar-refractivity contribution in [1.82, 2.24) is 9.38 Å². The molecule has 0 unspecified atom stereocenters. The maximum Gasteiger partial charge on any atom is 0.237 e. The van der Waals surface area contributed by atoms with Crippen LogP contribution >= 0.6 is 0 Å². The lowest BCUT2D eigenvalue weighted by Gasteiger charge is -2.38. The highest BCUT2D eigenvalue weighted by molar-refractivity contribution is 6.32. The summed E-state index contributed by atoms with van der Waals surface area (Å²) < 4.78 is 8.90. The number of rotatable bonds is 7. The minimum atomic E-state index is -0.829. The van der Waals surface area contributed by atoms with Gasteiger partial charge in [0.25, 0.3) is 0 Å². The number of amides is 1. The fourth-order valence-electron chi connectivity index (χ4n) is 4.05. The van der Waals surface area contributed by atoms with Crippen LogP contribution in [0.1, 0.15) is 48.8 Å². The van der Waals surface area contributed by atoms with Crippen molar-refractivity contribution in [3.63, 3.8) is 0 Å². The molecule has 0 aliphatic heterocycles. The van der Waals surface area contributed by atoms with E-state index in [0.717, 1.165) is 33.7 Å². The number of nitrogens with zero attached hydrogens (tertiary/aromatic N) is 2. The van der Waals surface area contributed by atoms with E-state index in [4.69, 9.17) is 10.2 Å². The molecule has 33 heavy (non-hydrogen) atoms. The summed E-state index contributed by atoms with van der Waals surface area (Å²) in [4.78, 5) is 16.4. The molecule has 2 N–H and O–H groups in total.